The van der Waals surface area contributed by atoms with Gasteiger partial charge in [-0.15, -0.1) is 0 Å². The van der Waals surface area contributed by atoms with E-state index in [1.807, 2.05) is 21.1 Å². The number of carboxylic acid groups (broad SMARTS) is 1. The van der Waals surface area contributed by atoms with E-state index >= 15 is 0 Å². The number of hydrogen-bond acceptors (Lipinski definition) is 3. The van der Waals surface area contributed by atoms with Crippen molar-refractivity contribution >= 4 is 5.97 Å². The Morgan fingerprint density at radius 3 is 1.33 bits per heavy atom. The summed E-state index contributed by atoms with van der Waals surface area (Å²) >= 11 is 0. The number of quaternary nitrogens is 1. The van der Waals surface area contributed by atoms with Crippen LogP contribution in [0.25, 0.3) is 0 Å². The number of carbonyl (C=O) groups excluding carboxylic acids is 1. The molecule has 0 aliphatic carbocycles. The topological polar surface area (TPSA) is 52.2 Å². The van der Waals surface area contributed by atoms with Gasteiger partial charge in [0.15, 0.2) is 6.17 Å². The van der Waals surface area contributed by atoms with Crippen molar-refractivity contribution in [2.75, 3.05) is 27.7 Å². The normalized spacial score (nSPS) is 13.0. The predicted octanol–water partition coefficient (Wildman–Crippen LogP) is 4.62. The standard InChI is InChI=1S/C23H48N2O2/c1-5-6-7-8-9-10-11-12-13-14-15-16-17-18-19-20-21-24-22(23(26)27)25(2,3)4/h22,24H,5-21H2,1-4H3. The zero-order valence-corrected chi connectivity index (χ0v) is 18.9. The smallest absolute Gasteiger partial charge is 0.183 e. The van der Waals surface area contributed by atoms with Gasteiger partial charge in [0.05, 0.1) is 21.1 Å². The van der Waals surface area contributed by atoms with Gasteiger partial charge >= 0.3 is 0 Å². The van der Waals surface area contributed by atoms with Crippen molar-refractivity contribution < 1.29 is 14.4 Å². The first-order chi connectivity index (χ1) is 12.9. The Balaban J connectivity index is 3.28. The molecule has 0 rings (SSSR count). The lowest BCUT2D eigenvalue weighted by atomic mass is 10.0. The summed E-state index contributed by atoms with van der Waals surface area (Å²) in [5.41, 5.74) is 0. The van der Waals surface area contributed by atoms with E-state index in [2.05, 4.69) is 12.2 Å². The average molecular weight is 385 g/mol. The molecule has 0 spiro atoms. The summed E-state index contributed by atoms with van der Waals surface area (Å²) in [4.78, 5) is 11.2. The van der Waals surface area contributed by atoms with E-state index < -0.39 is 12.1 Å². The molecule has 0 aromatic rings. The number of carbonyl (C=O) groups is 1. The second-order valence-corrected chi connectivity index (χ2v) is 9.10. The van der Waals surface area contributed by atoms with Crippen LogP contribution in [0.2, 0.25) is 0 Å². The van der Waals surface area contributed by atoms with E-state index in [0.717, 1.165) is 13.0 Å². The lowest BCUT2D eigenvalue weighted by Gasteiger charge is -2.35. The molecule has 1 unspecified atom stereocenters. The predicted molar refractivity (Wildman–Crippen MR) is 114 cm³/mol. The first kappa shape index (κ1) is 26.4. The highest BCUT2D eigenvalue weighted by atomic mass is 16.4. The van der Waals surface area contributed by atoms with Crippen LogP contribution in [0.1, 0.15) is 110 Å². The maximum atomic E-state index is 11.2. The van der Waals surface area contributed by atoms with E-state index in [4.69, 9.17) is 0 Å². The minimum atomic E-state index is -1.01. The number of rotatable bonds is 20. The van der Waals surface area contributed by atoms with E-state index in [9.17, 15) is 9.90 Å². The van der Waals surface area contributed by atoms with Gasteiger partial charge in [0.25, 0.3) is 0 Å². The monoisotopic (exact) mass is 384 g/mol. The SMILES string of the molecule is CCCCCCCCCCCCCCCCCCNC(C(=O)[O-])[N+](C)(C)C. The number of carboxylic acids is 1. The van der Waals surface area contributed by atoms with Crippen LogP contribution in [0.15, 0.2) is 0 Å². The summed E-state index contributed by atoms with van der Waals surface area (Å²) in [6.45, 7) is 3.03. The number of nitrogens with zero attached hydrogens (tertiary/aromatic N) is 1. The zero-order valence-electron chi connectivity index (χ0n) is 18.9. The number of nitrogens with one attached hydrogen (secondary N) is 1. The summed E-state index contributed by atoms with van der Waals surface area (Å²) in [6.07, 6.45) is 21.1. The summed E-state index contributed by atoms with van der Waals surface area (Å²) < 4.78 is 0.348. The molecule has 4 heteroatoms. The van der Waals surface area contributed by atoms with Gasteiger partial charge in [0, 0.05) is 6.54 Å². The van der Waals surface area contributed by atoms with Crippen LogP contribution in [0.5, 0.6) is 0 Å². The number of likely N-dealkylation sites (N-methyl/N-ethyl adjacent to an activating group) is 1. The van der Waals surface area contributed by atoms with Crippen LogP contribution in [0, 0.1) is 0 Å². The first-order valence-electron chi connectivity index (χ1n) is 11.6. The fourth-order valence-electron chi connectivity index (χ4n) is 3.59. The van der Waals surface area contributed by atoms with Gasteiger partial charge in [-0.25, -0.2) is 0 Å². The van der Waals surface area contributed by atoms with Gasteiger partial charge in [-0.2, -0.15) is 0 Å². The van der Waals surface area contributed by atoms with E-state index in [-0.39, 0.29) is 0 Å². The highest BCUT2D eigenvalue weighted by Gasteiger charge is 2.23. The Hall–Kier alpha value is -0.610. The van der Waals surface area contributed by atoms with Crippen LogP contribution in [-0.2, 0) is 4.79 Å². The second-order valence-electron chi connectivity index (χ2n) is 9.10. The van der Waals surface area contributed by atoms with Gasteiger partial charge in [-0.1, -0.05) is 103 Å². The molecule has 0 radical (unpaired) electrons. The molecule has 0 aliphatic heterocycles. The molecule has 0 aromatic heterocycles. The molecule has 1 N–H and O–H groups in total. The number of unbranched alkanes of at least 4 members (excludes halogenated alkanes) is 15. The molecular weight excluding hydrogens is 336 g/mol. The van der Waals surface area contributed by atoms with Gasteiger partial charge < -0.3 is 14.4 Å². The molecule has 1 atom stereocenters. The fraction of sp³-hybridized carbons (Fsp3) is 0.957. The Morgan fingerprint density at radius 1 is 0.704 bits per heavy atom. The lowest BCUT2D eigenvalue weighted by molar-refractivity contribution is -0.892. The Labute approximate surface area is 169 Å². The second kappa shape index (κ2) is 17.5. The largest absolute Gasteiger partial charge is 0.543 e. The summed E-state index contributed by atoms with van der Waals surface area (Å²) in [6, 6.07) is 0. The van der Waals surface area contributed by atoms with Crippen LogP contribution >= 0.6 is 0 Å². The van der Waals surface area contributed by atoms with Gasteiger partial charge in [-0.3, -0.25) is 5.32 Å². The first-order valence-corrected chi connectivity index (χ1v) is 11.6. The molecule has 0 amide bonds. The maximum Gasteiger partial charge on any atom is 0.183 e. The average Bonchev–Trinajstić information content (AvgIpc) is 2.59. The highest BCUT2D eigenvalue weighted by molar-refractivity contribution is 5.69. The third-order valence-corrected chi connectivity index (χ3v) is 5.37. The highest BCUT2D eigenvalue weighted by Crippen LogP contribution is 2.13. The molecular formula is C23H48N2O2. The van der Waals surface area contributed by atoms with Crippen molar-refractivity contribution in [2.24, 2.45) is 0 Å². The zero-order chi connectivity index (χ0) is 20.4. The molecule has 4 nitrogen and oxygen atoms in total. The van der Waals surface area contributed by atoms with Crippen molar-refractivity contribution in [3.63, 3.8) is 0 Å². The third-order valence-electron chi connectivity index (χ3n) is 5.37. The molecule has 0 bridgehead atoms. The minimum Gasteiger partial charge on any atom is -0.543 e. The van der Waals surface area contributed by atoms with Crippen LogP contribution in [-0.4, -0.2) is 44.3 Å². The van der Waals surface area contributed by atoms with Crippen LogP contribution in [0.4, 0.5) is 0 Å². The van der Waals surface area contributed by atoms with Crippen molar-refractivity contribution in [2.45, 2.75) is 116 Å². The molecule has 0 fully saturated rings. The molecule has 162 valence electrons. The van der Waals surface area contributed by atoms with Crippen molar-refractivity contribution in [1.29, 1.82) is 0 Å². The van der Waals surface area contributed by atoms with Crippen LogP contribution in [0.3, 0.4) is 0 Å². The molecule has 0 saturated carbocycles. The number of hydrogen-bond donors (Lipinski definition) is 1. The van der Waals surface area contributed by atoms with Gasteiger partial charge in [-0.05, 0) is 6.42 Å². The maximum absolute atomic E-state index is 11.2. The lowest BCUT2D eigenvalue weighted by Crippen LogP contribution is -2.62. The number of aliphatic carboxylic acids is 1. The quantitative estimate of drug-likeness (QED) is 0.189. The summed E-state index contributed by atoms with van der Waals surface area (Å²) in [5, 5.41) is 14.3. The summed E-state index contributed by atoms with van der Waals surface area (Å²) in [7, 11) is 5.63. The Kier molecular flexibility index (Phi) is 17.1. The van der Waals surface area contributed by atoms with Crippen LogP contribution < -0.4 is 10.4 Å². The molecule has 0 saturated heterocycles. The Morgan fingerprint density at radius 2 is 1.04 bits per heavy atom. The van der Waals surface area contributed by atoms with E-state index in [1.54, 1.807) is 0 Å². The summed E-state index contributed by atoms with van der Waals surface area (Å²) in [5.74, 6) is -1.01. The Bertz CT molecular complexity index is 340. The molecule has 0 heterocycles. The molecule has 27 heavy (non-hydrogen) atoms. The van der Waals surface area contributed by atoms with E-state index in [0.29, 0.717) is 4.48 Å². The fourth-order valence-corrected chi connectivity index (χ4v) is 3.59. The van der Waals surface area contributed by atoms with Crippen molar-refractivity contribution in [1.82, 2.24) is 5.32 Å². The van der Waals surface area contributed by atoms with Crippen molar-refractivity contribution in [3.8, 4) is 0 Å². The third kappa shape index (κ3) is 17.2. The van der Waals surface area contributed by atoms with Gasteiger partial charge in [0.1, 0.15) is 5.97 Å². The van der Waals surface area contributed by atoms with Crippen molar-refractivity contribution in [3.05, 3.63) is 0 Å². The molecule has 0 aromatic carbocycles. The van der Waals surface area contributed by atoms with Gasteiger partial charge in [0.2, 0.25) is 0 Å². The van der Waals surface area contributed by atoms with E-state index in [1.165, 1.54) is 96.3 Å². The molecule has 0 aliphatic rings. The minimum absolute atomic E-state index is 0.348.